The number of phosphoric ester groups is 1. The van der Waals surface area contributed by atoms with Crippen molar-refractivity contribution in [3.63, 3.8) is 0 Å². The molecule has 0 aliphatic carbocycles. The van der Waals surface area contributed by atoms with Crippen LogP contribution in [0.15, 0.2) is 23.1 Å². The summed E-state index contributed by atoms with van der Waals surface area (Å²) in [6.45, 7) is 1.25. The minimum atomic E-state index is -4.60. The molecule has 0 amide bonds. The molecule has 1 atom stereocenters. The van der Waals surface area contributed by atoms with E-state index in [1.807, 2.05) is 0 Å². The fraction of sp³-hybridized carbons (Fsp3) is 0.444. The van der Waals surface area contributed by atoms with Crippen LogP contribution in [-0.2, 0) is 13.9 Å². The molecule has 3 N–H and O–H groups in total. The van der Waals surface area contributed by atoms with Crippen LogP contribution in [0.3, 0.4) is 0 Å². The van der Waals surface area contributed by atoms with Crippen LogP contribution in [0.4, 0.5) is 0 Å². The summed E-state index contributed by atoms with van der Waals surface area (Å²) in [5.41, 5.74) is 0.227. The molecular formula is C9H14NO6P. The van der Waals surface area contributed by atoms with Gasteiger partial charge in [0, 0.05) is 18.8 Å². The molecule has 96 valence electrons. The molecule has 17 heavy (non-hydrogen) atoms. The molecule has 0 aromatic carbocycles. The first-order valence-electron chi connectivity index (χ1n) is 4.77. The Kier molecular flexibility index (Phi) is 4.11. The third-order valence-electron chi connectivity index (χ3n) is 2.49. The lowest BCUT2D eigenvalue weighted by Crippen LogP contribution is -2.32. The van der Waals surface area contributed by atoms with Crippen LogP contribution in [0.2, 0.25) is 0 Å². The number of aliphatic hydroxyl groups excluding tert-OH is 1. The maximum absolute atomic E-state index is 10.8. The Balaban J connectivity index is 2.94. The van der Waals surface area contributed by atoms with E-state index in [9.17, 15) is 14.5 Å². The molecule has 1 aliphatic heterocycles. The van der Waals surface area contributed by atoms with E-state index in [0.717, 1.165) is 0 Å². The number of carbonyl (C=O) groups is 1. The monoisotopic (exact) mass is 263 g/mol. The molecule has 0 aromatic rings. The van der Waals surface area contributed by atoms with E-state index >= 15 is 0 Å². The number of likely N-dealkylation sites (N-methyl/N-ethyl adjacent to an activating group) is 1. The molecular weight excluding hydrogens is 249 g/mol. The van der Waals surface area contributed by atoms with E-state index in [-0.39, 0.29) is 22.9 Å². The Morgan fingerprint density at radius 1 is 1.59 bits per heavy atom. The second-order valence-electron chi connectivity index (χ2n) is 3.68. The number of rotatable bonds is 4. The van der Waals surface area contributed by atoms with Gasteiger partial charge in [0.25, 0.3) is 0 Å². The molecule has 0 spiro atoms. The Labute approximate surface area is 98.2 Å². The number of aliphatic hydroxyl groups is 1. The van der Waals surface area contributed by atoms with Crippen molar-refractivity contribution in [3.05, 3.63) is 23.1 Å². The van der Waals surface area contributed by atoms with E-state index in [2.05, 4.69) is 4.52 Å². The van der Waals surface area contributed by atoms with E-state index in [1.54, 1.807) is 18.9 Å². The quantitative estimate of drug-likeness (QED) is 0.495. The van der Waals surface area contributed by atoms with Gasteiger partial charge in [0.2, 0.25) is 0 Å². The summed E-state index contributed by atoms with van der Waals surface area (Å²) < 4.78 is 14.9. The van der Waals surface area contributed by atoms with Gasteiger partial charge in [-0.05, 0) is 6.92 Å². The summed E-state index contributed by atoms with van der Waals surface area (Å²) in [6.07, 6.45) is 1.94. The fourth-order valence-electron chi connectivity index (χ4n) is 1.41. The predicted octanol–water partition coefficient (Wildman–Crippen LogP) is 0.324. The molecule has 1 rings (SSSR count). The van der Waals surface area contributed by atoms with E-state index < -0.39 is 14.4 Å². The highest BCUT2D eigenvalue weighted by molar-refractivity contribution is 7.46. The number of carbonyl (C=O) groups excluding carboxylic acids is 1. The smallest absolute Gasteiger partial charge is 0.469 e. The summed E-state index contributed by atoms with van der Waals surface area (Å²) in [6, 6.07) is -0.367. The Morgan fingerprint density at radius 3 is 2.65 bits per heavy atom. The lowest BCUT2D eigenvalue weighted by atomic mass is 10.0. The van der Waals surface area contributed by atoms with Crippen LogP contribution < -0.4 is 0 Å². The van der Waals surface area contributed by atoms with Gasteiger partial charge in [-0.15, -0.1) is 0 Å². The maximum atomic E-state index is 10.8. The first-order chi connectivity index (χ1) is 7.76. The van der Waals surface area contributed by atoms with E-state index in [4.69, 9.17) is 9.79 Å². The highest BCUT2D eigenvalue weighted by Crippen LogP contribution is 2.37. The minimum Gasteiger partial charge on any atom is -0.509 e. The van der Waals surface area contributed by atoms with Crippen LogP contribution in [-0.4, -0.2) is 45.8 Å². The zero-order valence-corrected chi connectivity index (χ0v) is 10.3. The molecule has 0 bridgehead atoms. The highest BCUT2D eigenvalue weighted by atomic mass is 31.2. The maximum Gasteiger partial charge on any atom is 0.469 e. The van der Waals surface area contributed by atoms with Crippen LogP contribution in [0.25, 0.3) is 0 Å². The van der Waals surface area contributed by atoms with Crippen molar-refractivity contribution >= 4 is 14.1 Å². The number of phosphoric acid groups is 1. The van der Waals surface area contributed by atoms with Gasteiger partial charge < -0.3 is 19.8 Å². The second kappa shape index (κ2) is 5.01. The largest absolute Gasteiger partial charge is 0.509 e. The highest BCUT2D eigenvalue weighted by Gasteiger charge is 2.26. The SMILES string of the molecule is CC1C(O)=C(C=O)C(COP(=O)(O)O)=CN1C. The molecule has 0 saturated carbocycles. The molecule has 1 unspecified atom stereocenters. The summed E-state index contributed by atoms with van der Waals surface area (Å²) >= 11 is 0. The summed E-state index contributed by atoms with van der Waals surface area (Å²) in [4.78, 5) is 29.6. The van der Waals surface area contributed by atoms with Gasteiger partial charge in [0.15, 0.2) is 6.29 Å². The first-order valence-corrected chi connectivity index (χ1v) is 6.30. The number of hydrogen-bond acceptors (Lipinski definition) is 5. The first kappa shape index (κ1) is 13.9. The van der Waals surface area contributed by atoms with Crippen molar-refractivity contribution in [1.29, 1.82) is 0 Å². The molecule has 1 aliphatic rings. The lowest BCUT2D eigenvalue weighted by molar-refractivity contribution is -0.105. The predicted molar refractivity (Wildman–Crippen MR) is 59.0 cm³/mol. The zero-order chi connectivity index (χ0) is 13.2. The molecule has 0 saturated heterocycles. The average Bonchev–Trinajstić information content (AvgIpc) is 2.22. The minimum absolute atomic E-state index is 0.00375. The van der Waals surface area contributed by atoms with E-state index in [0.29, 0.717) is 6.29 Å². The average molecular weight is 263 g/mol. The zero-order valence-electron chi connectivity index (χ0n) is 9.40. The van der Waals surface area contributed by atoms with Crippen molar-refractivity contribution < 1.29 is 28.8 Å². The Hall–Kier alpha value is -1.14. The van der Waals surface area contributed by atoms with Gasteiger partial charge in [-0.2, -0.15) is 0 Å². The Morgan fingerprint density at radius 2 is 2.18 bits per heavy atom. The molecule has 0 aromatic heterocycles. The van der Waals surface area contributed by atoms with Crippen molar-refractivity contribution in [2.24, 2.45) is 0 Å². The summed E-state index contributed by atoms with van der Waals surface area (Å²) in [5.74, 6) is -0.144. The number of aldehydes is 1. The number of nitrogens with zero attached hydrogens (tertiary/aromatic N) is 1. The number of hydrogen-bond donors (Lipinski definition) is 3. The van der Waals surface area contributed by atoms with Gasteiger partial charge in [-0.1, -0.05) is 0 Å². The fourth-order valence-corrected chi connectivity index (χ4v) is 1.72. The van der Waals surface area contributed by atoms with Gasteiger partial charge >= 0.3 is 7.82 Å². The molecule has 8 heteroatoms. The summed E-state index contributed by atoms with van der Waals surface area (Å²) in [7, 11) is -2.94. The molecule has 1 heterocycles. The van der Waals surface area contributed by atoms with Crippen LogP contribution in [0.1, 0.15) is 6.92 Å². The standard InChI is InChI=1S/C9H14NO6P/c1-6-9(12)8(4-11)7(3-10(6)2)5-16-17(13,14)15/h3-4,6,12H,5H2,1-2H3,(H2,13,14,15). The molecule has 0 fully saturated rings. The van der Waals surface area contributed by atoms with Crippen molar-refractivity contribution in [1.82, 2.24) is 4.90 Å². The van der Waals surface area contributed by atoms with Crippen molar-refractivity contribution in [3.8, 4) is 0 Å². The van der Waals surface area contributed by atoms with Crippen molar-refractivity contribution in [2.45, 2.75) is 13.0 Å². The van der Waals surface area contributed by atoms with Crippen LogP contribution >= 0.6 is 7.82 Å². The van der Waals surface area contributed by atoms with E-state index in [1.165, 1.54) is 6.20 Å². The van der Waals surface area contributed by atoms with Crippen molar-refractivity contribution in [2.75, 3.05) is 13.7 Å². The molecule has 7 nitrogen and oxygen atoms in total. The van der Waals surface area contributed by atoms with Crippen LogP contribution in [0, 0.1) is 0 Å². The molecule has 0 radical (unpaired) electrons. The summed E-state index contributed by atoms with van der Waals surface area (Å²) in [5, 5.41) is 9.72. The third-order valence-corrected chi connectivity index (χ3v) is 2.96. The lowest BCUT2D eigenvalue weighted by Gasteiger charge is -2.29. The second-order valence-corrected chi connectivity index (χ2v) is 4.92. The van der Waals surface area contributed by atoms with Crippen LogP contribution in [0.5, 0.6) is 0 Å². The Bertz CT molecular complexity index is 423. The van der Waals surface area contributed by atoms with Gasteiger partial charge in [0.1, 0.15) is 5.76 Å². The van der Waals surface area contributed by atoms with Gasteiger partial charge in [-0.3, -0.25) is 9.32 Å². The van der Waals surface area contributed by atoms with Gasteiger partial charge in [-0.25, -0.2) is 4.57 Å². The normalized spacial score (nSPS) is 21.5. The third kappa shape index (κ3) is 3.41. The topological polar surface area (TPSA) is 107 Å². The van der Waals surface area contributed by atoms with Gasteiger partial charge in [0.05, 0.1) is 18.2 Å².